The second-order valence-corrected chi connectivity index (χ2v) is 7.37. The smallest absolute Gasteiger partial charge is 0.179 e. The van der Waals surface area contributed by atoms with Crippen molar-refractivity contribution in [3.8, 4) is 6.07 Å². The highest BCUT2D eigenvalue weighted by molar-refractivity contribution is 7.91. The van der Waals surface area contributed by atoms with Crippen LogP contribution < -0.4 is 5.32 Å². The molecule has 114 valence electrons. The fraction of sp³-hybridized carbons (Fsp3) is 0.533. The van der Waals surface area contributed by atoms with Gasteiger partial charge in [-0.1, -0.05) is 6.07 Å². The van der Waals surface area contributed by atoms with Crippen molar-refractivity contribution in [1.29, 1.82) is 5.26 Å². The van der Waals surface area contributed by atoms with Crippen molar-refractivity contribution in [3.63, 3.8) is 0 Å². The average Bonchev–Trinajstić information content (AvgIpc) is 3.00. The van der Waals surface area contributed by atoms with Crippen molar-refractivity contribution < 1.29 is 8.42 Å². The first-order chi connectivity index (χ1) is 10.1. The average molecular weight is 307 g/mol. The number of nitrogens with one attached hydrogen (secondary N) is 1. The summed E-state index contributed by atoms with van der Waals surface area (Å²) in [6, 6.07) is 8.14. The van der Waals surface area contributed by atoms with Crippen molar-refractivity contribution >= 4 is 9.84 Å². The summed E-state index contributed by atoms with van der Waals surface area (Å²) >= 11 is 0. The van der Waals surface area contributed by atoms with Crippen LogP contribution in [0.1, 0.15) is 18.4 Å². The molecule has 5 nitrogen and oxygen atoms in total. The van der Waals surface area contributed by atoms with E-state index in [0.717, 1.165) is 26.2 Å². The lowest BCUT2D eigenvalue weighted by molar-refractivity contribution is 0.337. The van der Waals surface area contributed by atoms with Crippen LogP contribution in [0.2, 0.25) is 0 Å². The third kappa shape index (κ3) is 4.81. The molecular formula is C15H21N3O2S. The molecule has 21 heavy (non-hydrogen) atoms. The topological polar surface area (TPSA) is 73.2 Å². The fourth-order valence-electron chi connectivity index (χ4n) is 2.45. The minimum Gasteiger partial charge on any atom is -0.314 e. The van der Waals surface area contributed by atoms with Crippen LogP contribution in [0.5, 0.6) is 0 Å². The normalized spacial score (nSPS) is 16.0. The van der Waals surface area contributed by atoms with Gasteiger partial charge >= 0.3 is 0 Å². The number of sulfone groups is 1. The number of benzene rings is 1. The second kappa shape index (κ2) is 7.55. The summed E-state index contributed by atoms with van der Waals surface area (Å²) in [6.07, 6.45) is 2.53. The van der Waals surface area contributed by atoms with E-state index in [1.807, 2.05) is 6.07 Å². The Morgan fingerprint density at radius 3 is 2.71 bits per heavy atom. The van der Waals surface area contributed by atoms with Gasteiger partial charge in [0.05, 0.1) is 22.3 Å². The lowest BCUT2D eigenvalue weighted by Gasteiger charge is -2.14. The van der Waals surface area contributed by atoms with Gasteiger partial charge in [0.1, 0.15) is 0 Å². The van der Waals surface area contributed by atoms with E-state index in [-0.39, 0.29) is 10.6 Å². The van der Waals surface area contributed by atoms with Gasteiger partial charge in [0, 0.05) is 19.6 Å². The molecule has 0 unspecified atom stereocenters. The maximum Gasteiger partial charge on any atom is 0.179 e. The Balaban J connectivity index is 1.77. The van der Waals surface area contributed by atoms with E-state index >= 15 is 0 Å². The van der Waals surface area contributed by atoms with Gasteiger partial charge in [-0.25, -0.2) is 8.42 Å². The zero-order valence-electron chi connectivity index (χ0n) is 12.1. The van der Waals surface area contributed by atoms with Gasteiger partial charge in [-0.05, 0) is 44.1 Å². The Kier molecular flexibility index (Phi) is 5.74. The molecule has 0 bridgehead atoms. The first-order valence-electron chi connectivity index (χ1n) is 7.28. The molecule has 6 heteroatoms. The lowest BCUT2D eigenvalue weighted by Crippen LogP contribution is -2.32. The van der Waals surface area contributed by atoms with Gasteiger partial charge < -0.3 is 10.2 Å². The molecule has 1 fully saturated rings. The van der Waals surface area contributed by atoms with Gasteiger partial charge in [-0.15, -0.1) is 0 Å². The second-order valence-electron chi connectivity index (χ2n) is 5.26. The maximum atomic E-state index is 12.2. The molecular weight excluding hydrogens is 286 g/mol. The number of hydrogen-bond donors (Lipinski definition) is 1. The summed E-state index contributed by atoms with van der Waals surface area (Å²) in [5.41, 5.74) is 0.373. The van der Waals surface area contributed by atoms with Crippen molar-refractivity contribution in [2.24, 2.45) is 0 Å². The Morgan fingerprint density at radius 2 is 2.00 bits per heavy atom. The molecule has 2 rings (SSSR count). The third-order valence-corrected chi connectivity index (χ3v) is 5.39. The Bertz CT molecular complexity index is 602. The van der Waals surface area contributed by atoms with Crippen LogP contribution in [0, 0.1) is 11.3 Å². The SMILES string of the molecule is N#Cc1cccc(S(=O)(=O)CCNCCN2CCCC2)c1. The van der Waals surface area contributed by atoms with Crippen LogP contribution in [0.15, 0.2) is 29.2 Å². The molecule has 0 amide bonds. The standard InChI is InChI=1S/C15H21N3O2S/c16-13-14-4-3-5-15(12-14)21(19,20)11-7-17-6-10-18-8-1-2-9-18/h3-5,12,17H,1-2,6-11H2. The van der Waals surface area contributed by atoms with Crippen molar-refractivity contribution in [3.05, 3.63) is 29.8 Å². The minimum atomic E-state index is -3.32. The zero-order valence-corrected chi connectivity index (χ0v) is 12.9. The summed E-state index contributed by atoms with van der Waals surface area (Å²) in [7, 11) is -3.32. The summed E-state index contributed by atoms with van der Waals surface area (Å²) in [5, 5.41) is 12.0. The number of hydrogen-bond acceptors (Lipinski definition) is 5. The Hall–Kier alpha value is -1.42. The monoisotopic (exact) mass is 307 g/mol. The Morgan fingerprint density at radius 1 is 1.24 bits per heavy atom. The molecule has 1 aromatic carbocycles. The molecule has 1 heterocycles. The predicted molar refractivity (Wildman–Crippen MR) is 81.8 cm³/mol. The summed E-state index contributed by atoms with van der Waals surface area (Å²) in [4.78, 5) is 2.61. The maximum absolute atomic E-state index is 12.2. The van der Waals surface area contributed by atoms with Crippen LogP contribution in [0.25, 0.3) is 0 Å². The highest BCUT2D eigenvalue weighted by atomic mass is 32.2. The van der Waals surface area contributed by atoms with E-state index in [1.165, 1.54) is 18.9 Å². The quantitative estimate of drug-likeness (QED) is 0.761. The molecule has 1 aliphatic rings. The van der Waals surface area contributed by atoms with Crippen molar-refractivity contribution in [2.45, 2.75) is 17.7 Å². The highest BCUT2D eigenvalue weighted by Crippen LogP contribution is 2.12. The largest absolute Gasteiger partial charge is 0.314 e. The molecule has 0 radical (unpaired) electrons. The lowest BCUT2D eigenvalue weighted by atomic mass is 10.2. The number of nitrogens with zero attached hydrogens (tertiary/aromatic N) is 2. The van der Waals surface area contributed by atoms with Gasteiger partial charge in [0.15, 0.2) is 9.84 Å². The van der Waals surface area contributed by atoms with Crippen LogP contribution in [-0.2, 0) is 9.84 Å². The summed E-state index contributed by atoms with van der Waals surface area (Å²) in [6.45, 7) is 4.53. The van der Waals surface area contributed by atoms with E-state index in [9.17, 15) is 8.42 Å². The van der Waals surface area contributed by atoms with Crippen molar-refractivity contribution in [1.82, 2.24) is 10.2 Å². The van der Waals surface area contributed by atoms with Gasteiger partial charge in [0.2, 0.25) is 0 Å². The van der Waals surface area contributed by atoms with Crippen LogP contribution in [-0.4, -0.2) is 51.8 Å². The van der Waals surface area contributed by atoms with Gasteiger partial charge in [-0.2, -0.15) is 5.26 Å². The van der Waals surface area contributed by atoms with Crippen LogP contribution >= 0.6 is 0 Å². The van der Waals surface area contributed by atoms with E-state index in [4.69, 9.17) is 5.26 Å². The van der Waals surface area contributed by atoms with Crippen LogP contribution in [0.4, 0.5) is 0 Å². The number of rotatable bonds is 7. The van der Waals surface area contributed by atoms with Gasteiger partial charge in [-0.3, -0.25) is 0 Å². The Labute approximate surface area is 126 Å². The predicted octanol–water partition coefficient (Wildman–Crippen LogP) is 1.02. The molecule has 1 saturated heterocycles. The minimum absolute atomic E-state index is 0.0574. The molecule has 1 aliphatic heterocycles. The summed E-state index contributed by atoms with van der Waals surface area (Å²) in [5.74, 6) is 0.0574. The highest BCUT2D eigenvalue weighted by Gasteiger charge is 2.15. The first kappa shape index (κ1) is 16.0. The summed E-state index contributed by atoms with van der Waals surface area (Å²) < 4.78 is 24.3. The van der Waals surface area contributed by atoms with E-state index in [1.54, 1.807) is 18.2 Å². The molecule has 0 spiro atoms. The molecule has 0 atom stereocenters. The molecule has 0 aliphatic carbocycles. The number of nitriles is 1. The van der Waals surface area contributed by atoms with E-state index < -0.39 is 9.84 Å². The third-order valence-electron chi connectivity index (χ3n) is 3.67. The van der Waals surface area contributed by atoms with E-state index in [2.05, 4.69) is 10.2 Å². The molecule has 1 N–H and O–H groups in total. The van der Waals surface area contributed by atoms with Gasteiger partial charge in [0.25, 0.3) is 0 Å². The molecule has 0 saturated carbocycles. The van der Waals surface area contributed by atoms with Crippen molar-refractivity contribution in [2.75, 3.05) is 38.5 Å². The zero-order chi connectivity index (χ0) is 15.1. The first-order valence-corrected chi connectivity index (χ1v) is 8.93. The van der Waals surface area contributed by atoms with Crippen LogP contribution in [0.3, 0.4) is 0 Å². The number of likely N-dealkylation sites (tertiary alicyclic amines) is 1. The fourth-order valence-corrected chi connectivity index (χ4v) is 3.69. The molecule has 1 aromatic rings. The van der Waals surface area contributed by atoms with E-state index in [0.29, 0.717) is 12.1 Å². The molecule has 0 aromatic heterocycles.